The molecular formula is C13H18N4O2S. The fourth-order valence-electron chi connectivity index (χ4n) is 1.98. The van der Waals surface area contributed by atoms with Crippen LogP contribution in [0, 0.1) is 0 Å². The van der Waals surface area contributed by atoms with E-state index >= 15 is 0 Å². The van der Waals surface area contributed by atoms with Crippen LogP contribution in [0.25, 0.3) is 0 Å². The molecule has 1 unspecified atom stereocenters. The number of nitrogens with one attached hydrogen (secondary N) is 3. The Morgan fingerprint density at radius 1 is 1.30 bits per heavy atom. The average molecular weight is 294 g/mol. The molecule has 2 rings (SSSR count). The predicted octanol–water partition coefficient (Wildman–Crippen LogP) is 1.88. The quantitative estimate of drug-likeness (QED) is 0.759. The third kappa shape index (κ3) is 3.17. The Morgan fingerprint density at radius 2 is 2.05 bits per heavy atom. The monoisotopic (exact) mass is 294 g/mol. The number of aromatic amines is 1. The van der Waals surface area contributed by atoms with Crippen molar-refractivity contribution >= 4 is 15.7 Å². The first-order valence-electron chi connectivity index (χ1n) is 6.39. The Balaban J connectivity index is 2.30. The summed E-state index contributed by atoms with van der Waals surface area (Å²) >= 11 is 0. The van der Waals surface area contributed by atoms with E-state index in [1.165, 1.54) is 12.3 Å². The first-order valence-corrected chi connectivity index (χ1v) is 7.87. The van der Waals surface area contributed by atoms with Crippen LogP contribution in [-0.4, -0.2) is 25.2 Å². The molecule has 1 atom stereocenters. The number of benzene rings is 1. The summed E-state index contributed by atoms with van der Waals surface area (Å²) in [6.45, 7) is 4.81. The molecule has 0 aliphatic carbocycles. The van der Waals surface area contributed by atoms with E-state index in [0.29, 0.717) is 5.69 Å². The Bertz CT molecular complexity index is 653. The number of rotatable bonds is 6. The molecule has 0 aliphatic rings. The van der Waals surface area contributed by atoms with Crippen molar-refractivity contribution in [1.29, 1.82) is 0 Å². The molecule has 2 aromatic rings. The number of anilines is 1. The molecular weight excluding hydrogens is 276 g/mol. The smallest absolute Gasteiger partial charge is 0.278 e. The van der Waals surface area contributed by atoms with Crippen molar-refractivity contribution in [3.63, 3.8) is 0 Å². The van der Waals surface area contributed by atoms with Gasteiger partial charge in [-0.15, -0.1) is 0 Å². The molecule has 0 amide bonds. The van der Waals surface area contributed by atoms with Gasteiger partial charge in [0.1, 0.15) is 0 Å². The molecule has 0 fully saturated rings. The van der Waals surface area contributed by atoms with Gasteiger partial charge in [-0.3, -0.25) is 9.82 Å². The summed E-state index contributed by atoms with van der Waals surface area (Å²) in [4.78, 5) is 0. The molecule has 1 heterocycles. The van der Waals surface area contributed by atoms with E-state index in [2.05, 4.69) is 20.2 Å². The average Bonchev–Trinajstić information content (AvgIpc) is 2.94. The first-order chi connectivity index (χ1) is 9.54. The molecule has 0 bridgehead atoms. The Kier molecular flexibility index (Phi) is 4.41. The van der Waals surface area contributed by atoms with Crippen molar-refractivity contribution in [2.24, 2.45) is 0 Å². The van der Waals surface area contributed by atoms with Crippen molar-refractivity contribution < 1.29 is 8.42 Å². The normalized spacial score (nSPS) is 13.1. The minimum absolute atomic E-state index is 0.0448. The summed E-state index contributed by atoms with van der Waals surface area (Å²) in [5.74, 6) is 0. The summed E-state index contributed by atoms with van der Waals surface area (Å²) in [5.41, 5.74) is 1.47. The third-order valence-electron chi connectivity index (χ3n) is 2.95. The lowest BCUT2D eigenvalue weighted by molar-refractivity contribution is 0.593. The van der Waals surface area contributed by atoms with Crippen LogP contribution in [0.15, 0.2) is 41.6 Å². The second-order valence-corrected chi connectivity index (χ2v) is 6.04. The van der Waals surface area contributed by atoms with Crippen LogP contribution in [0.4, 0.5) is 5.69 Å². The standard InChI is InChI=1S/C13H18N4O2S/c1-3-14-10(2)11-6-4-5-7-12(11)17-20(18,19)13-8-9-15-16-13/h4-10,14,17H,3H2,1-2H3,(H,15,16). The lowest BCUT2D eigenvalue weighted by Crippen LogP contribution is -2.21. The van der Waals surface area contributed by atoms with Gasteiger partial charge >= 0.3 is 0 Å². The highest BCUT2D eigenvalue weighted by molar-refractivity contribution is 7.92. The van der Waals surface area contributed by atoms with Crippen LogP contribution >= 0.6 is 0 Å². The van der Waals surface area contributed by atoms with Crippen LogP contribution in [-0.2, 0) is 10.0 Å². The molecule has 1 aromatic carbocycles. The van der Waals surface area contributed by atoms with E-state index in [-0.39, 0.29) is 11.1 Å². The number of aromatic nitrogens is 2. The second-order valence-electron chi connectivity index (χ2n) is 4.39. The maximum Gasteiger partial charge on any atom is 0.278 e. The van der Waals surface area contributed by atoms with Crippen molar-refractivity contribution in [3.8, 4) is 0 Å². The molecule has 20 heavy (non-hydrogen) atoms. The van der Waals surface area contributed by atoms with Gasteiger partial charge in [0.05, 0.1) is 11.9 Å². The predicted molar refractivity (Wildman–Crippen MR) is 77.9 cm³/mol. The van der Waals surface area contributed by atoms with E-state index in [1.54, 1.807) is 12.1 Å². The molecule has 0 aliphatic heterocycles. The van der Waals surface area contributed by atoms with Crippen LogP contribution in [0.2, 0.25) is 0 Å². The zero-order chi connectivity index (χ0) is 14.6. The summed E-state index contributed by atoms with van der Waals surface area (Å²) in [6, 6.07) is 8.80. The van der Waals surface area contributed by atoms with Gasteiger partial charge in [0.15, 0.2) is 5.03 Å². The summed E-state index contributed by atoms with van der Waals surface area (Å²) in [6.07, 6.45) is 1.40. The van der Waals surface area contributed by atoms with Gasteiger partial charge in [-0.25, -0.2) is 0 Å². The maximum absolute atomic E-state index is 12.2. The SMILES string of the molecule is CCNC(C)c1ccccc1NS(=O)(=O)c1ccn[nH]1. The Hall–Kier alpha value is -1.86. The van der Waals surface area contributed by atoms with Gasteiger partial charge in [-0.1, -0.05) is 25.1 Å². The van der Waals surface area contributed by atoms with Crippen LogP contribution in [0.5, 0.6) is 0 Å². The van der Waals surface area contributed by atoms with Crippen molar-refractivity contribution in [2.75, 3.05) is 11.3 Å². The molecule has 6 nitrogen and oxygen atoms in total. The highest BCUT2D eigenvalue weighted by Gasteiger charge is 2.18. The molecule has 0 radical (unpaired) electrons. The number of hydrogen-bond acceptors (Lipinski definition) is 4. The number of para-hydroxylation sites is 1. The topological polar surface area (TPSA) is 86.9 Å². The number of sulfonamides is 1. The number of hydrogen-bond donors (Lipinski definition) is 3. The fourth-order valence-corrected chi connectivity index (χ4v) is 2.97. The summed E-state index contributed by atoms with van der Waals surface area (Å²) in [5, 5.41) is 9.43. The largest absolute Gasteiger partial charge is 0.310 e. The molecule has 7 heteroatoms. The minimum Gasteiger partial charge on any atom is -0.310 e. The molecule has 0 saturated carbocycles. The first kappa shape index (κ1) is 14.5. The molecule has 0 spiro atoms. The third-order valence-corrected chi connectivity index (χ3v) is 4.24. The minimum atomic E-state index is -3.64. The maximum atomic E-state index is 12.2. The van der Waals surface area contributed by atoms with Crippen LogP contribution in [0.3, 0.4) is 0 Å². The summed E-state index contributed by atoms with van der Waals surface area (Å²) in [7, 11) is -3.64. The van der Waals surface area contributed by atoms with Crippen LogP contribution < -0.4 is 10.0 Å². The lowest BCUT2D eigenvalue weighted by atomic mass is 10.1. The van der Waals surface area contributed by atoms with E-state index in [1.807, 2.05) is 26.0 Å². The van der Waals surface area contributed by atoms with Crippen molar-refractivity contribution in [3.05, 3.63) is 42.1 Å². The molecule has 1 aromatic heterocycles. The zero-order valence-electron chi connectivity index (χ0n) is 11.4. The Labute approximate surface area is 118 Å². The van der Waals surface area contributed by atoms with Gasteiger partial charge in [0.25, 0.3) is 10.0 Å². The second kappa shape index (κ2) is 6.06. The highest BCUT2D eigenvalue weighted by atomic mass is 32.2. The lowest BCUT2D eigenvalue weighted by Gasteiger charge is -2.17. The van der Waals surface area contributed by atoms with Gasteiger partial charge in [-0.2, -0.15) is 13.5 Å². The van der Waals surface area contributed by atoms with Crippen molar-refractivity contribution in [1.82, 2.24) is 15.5 Å². The highest BCUT2D eigenvalue weighted by Crippen LogP contribution is 2.24. The van der Waals surface area contributed by atoms with E-state index in [4.69, 9.17) is 0 Å². The van der Waals surface area contributed by atoms with Gasteiger partial charge < -0.3 is 5.32 Å². The Morgan fingerprint density at radius 3 is 2.70 bits per heavy atom. The van der Waals surface area contributed by atoms with Crippen LogP contribution in [0.1, 0.15) is 25.5 Å². The molecule has 3 N–H and O–H groups in total. The van der Waals surface area contributed by atoms with Crippen molar-refractivity contribution in [2.45, 2.75) is 24.9 Å². The van der Waals surface area contributed by atoms with E-state index < -0.39 is 10.0 Å². The van der Waals surface area contributed by atoms with E-state index in [9.17, 15) is 8.42 Å². The van der Waals surface area contributed by atoms with Gasteiger partial charge in [-0.05, 0) is 31.2 Å². The van der Waals surface area contributed by atoms with Gasteiger partial charge in [0.2, 0.25) is 0 Å². The fraction of sp³-hybridized carbons (Fsp3) is 0.308. The zero-order valence-corrected chi connectivity index (χ0v) is 12.2. The molecule has 108 valence electrons. The van der Waals surface area contributed by atoms with E-state index in [0.717, 1.165) is 12.1 Å². The number of nitrogens with zero attached hydrogens (tertiary/aromatic N) is 1. The van der Waals surface area contributed by atoms with Gasteiger partial charge in [0, 0.05) is 6.04 Å². The number of H-pyrrole nitrogens is 1. The molecule has 0 saturated heterocycles. The summed E-state index contributed by atoms with van der Waals surface area (Å²) < 4.78 is 27.0.